The smallest absolute Gasteiger partial charge is 0.416 e. The molecule has 0 fully saturated rings. The Kier molecular flexibility index (Phi) is 12.7. The van der Waals surface area contributed by atoms with E-state index < -0.39 is 29.5 Å². The summed E-state index contributed by atoms with van der Waals surface area (Å²) in [5.41, 5.74) is -5.29. The fraction of sp³-hybridized carbons (Fsp3) is 0.318. The molecule has 4 nitrogen and oxygen atoms in total. The number of halogens is 9. The van der Waals surface area contributed by atoms with Crippen molar-refractivity contribution >= 4 is 54.8 Å². The predicted molar refractivity (Wildman–Crippen MR) is 204 cm³/mol. The number of pyridine rings is 2. The van der Waals surface area contributed by atoms with Crippen LogP contribution in [0.25, 0.3) is 60.1 Å². The first-order chi connectivity index (χ1) is 26.9. The number of nitrogens with zero attached hydrogens (tertiary/aromatic N) is 2. The predicted octanol–water partition coefficient (Wildman–Crippen LogP) is 13.6. The molecule has 0 saturated carbocycles. The van der Waals surface area contributed by atoms with E-state index in [1.54, 1.807) is 22.6 Å². The van der Waals surface area contributed by atoms with Crippen LogP contribution in [0.1, 0.15) is 58.9 Å². The van der Waals surface area contributed by atoms with Gasteiger partial charge in [0.1, 0.15) is 5.65 Å². The molecule has 58 heavy (non-hydrogen) atoms. The third-order valence-electron chi connectivity index (χ3n) is 10.9. The van der Waals surface area contributed by atoms with Crippen LogP contribution in [0.2, 0.25) is 0 Å². The quantitative estimate of drug-likeness (QED) is 0.0392. The third-order valence-corrected chi connectivity index (χ3v) is 10.9. The minimum atomic E-state index is -6.74. The molecule has 0 saturated heterocycles. The van der Waals surface area contributed by atoms with E-state index in [0.717, 1.165) is 49.1 Å². The normalized spacial score (nSPS) is 13.3. The Bertz CT molecular complexity index is 2550. The molecule has 7 aromatic rings. The Labute approximate surface area is 341 Å². The standard InChI is InChI=1S/C31H14F9N2.C13H24O2.Ir/c32-29(33,34)28(30(35,36)37,31(38,39)40)19-13-18-11-12-41-27-25(18)23(15-19)21-8-4-7-20-22-14-17(16-5-2-1-3-6-16)9-10-24(22)42(27)26(20)21;1-5-10(6-2)12(14)9-13(15)11(7-3)8-4;/h1-9,11-15H;9-11,14H,5-8H2,1-4H3;/q-1;;/b;12-9-;. The molecule has 0 atom stereocenters. The number of hydrogen-bond acceptors (Lipinski definition) is 3. The van der Waals surface area contributed by atoms with Gasteiger partial charge in [0.05, 0.1) is 5.76 Å². The molecule has 14 heteroatoms. The van der Waals surface area contributed by atoms with Crippen molar-refractivity contribution in [3.05, 3.63) is 109 Å². The fourth-order valence-electron chi connectivity index (χ4n) is 7.87. The van der Waals surface area contributed by atoms with Gasteiger partial charge in [-0.15, -0.1) is 10.9 Å². The minimum absolute atomic E-state index is 0. The number of alkyl halides is 9. The summed E-state index contributed by atoms with van der Waals surface area (Å²) < 4.78 is 129. The molecule has 7 rings (SSSR count). The van der Waals surface area contributed by atoms with E-state index in [1.165, 1.54) is 12.1 Å². The summed E-state index contributed by atoms with van der Waals surface area (Å²) >= 11 is 0. The second-order valence-corrected chi connectivity index (χ2v) is 14.1. The number of aromatic nitrogens is 2. The SMILES string of the molecule is CCC(CC)C(=O)/C=C(\O)C(CC)CC.FC(F)(F)C(c1cc2ccnc3c2c(c1)c1cccc2c4cc(-c5ccccc5)c[c-]c4n3c12)(C(F)(F)F)C(F)(F)F.[Ir]. The summed E-state index contributed by atoms with van der Waals surface area (Å²) in [6.07, 6.45) is -14.2. The monoisotopic (exact) mass is 990 g/mol. The van der Waals surface area contributed by atoms with Crippen molar-refractivity contribution < 1.29 is 69.5 Å². The second kappa shape index (κ2) is 16.5. The Morgan fingerprint density at radius 3 is 1.84 bits per heavy atom. The average molecular weight is 990 g/mol. The van der Waals surface area contributed by atoms with E-state index >= 15 is 0 Å². The fourth-order valence-corrected chi connectivity index (χ4v) is 7.87. The maximum Gasteiger partial charge on any atom is 0.416 e. The molecule has 0 aliphatic rings. The van der Waals surface area contributed by atoms with Gasteiger partial charge in [0.15, 0.2) is 5.78 Å². The van der Waals surface area contributed by atoms with Gasteiger partial charge in [-0.3, -0.25) is 4.79 Å². The zero-order valence-electron chi connectivity index (χ0n) is 31.6. The average Bonchev–Trinajstić information content (AvgIpc) is 3.48. The molecule has 3 heterocycles. The Balaban J connectivity index is 0.000000344. The molecule has 0 unspecified atom stereocenters. The van der Waals surface area contributed by atoms with E-state index in [1.807, 2.05) is 64.1 Å². The number of carbonyl (C=O) groups excluding carboxylic acids is 1. The number of para-hydroxylation sites is 1. The minimum Gasteiger partial charge on any atom is -0.512 e. The van der Waals surface area contributed by atoms with Gasteiger partial charge >= 0.3 is 18.5 Å². The number of fused-ring (bicyclic) bond motifs is 5. The number of aliphatic hydroxyl groups is 1. The van der Waals surface area contributed by atoms with Crippen molar-refractivity contribution in [1.29, 1.82) is 0 Å². The molecular weight excluding hydrogens is 952 g/mol. The van der Waals surface area contributed by atoms with Crippen molar-refractivity contribution in [2.24, 2.45) is 11.8 Å². The van der Waals surface area contributed by atoms with E-state index in [-0.39, 0.29) is 70.7 Å². The molecule has 0 amide bonds. The van der Waals surface area contributed by atoms with Crippen molar-refractivity contribution in [3.63, 3.8) is 0 Å². The van der Waals surface area contributed by atoms with Crippen LogP contribution in [0.3, 0.4) is 0 Å². The zero-order valence-corrected chi connectivity index (χ0v) is 34.0. The summed E-state index contributed by atoms with van der Waals surface area (Å²) in [7, 11) is 0. The number of hydrogen-bond donors (Lipinski definition) is 1. The second-order valence-electron chi connectivity index (χ2n) is 14.1. The van der Waals surface area contributed by atoms with Crippen molar-refractivity contribution in [2.45, 2.75) is 77.3 Å². The molecule has 4 aromatic carbocycles. The van der Waals surface area contributed by atoms with Gasteiger partial charge in [0, 0.05) is 60.5 Å². The Morgan fingerprint density at radius 1 is 0.724 bits per heavy atom. The first kappa shape index (κ1) is 44.4. The molecule has 1 radical (unpaired) electrons. The molecular formula is C44H38F9IrN2O2-. The number of ketones is 1. The molecule has 0 aliphatic carbocycles. The van der Waals surface area contributed by atoms with Gasteiger partial charge in [0.25, 0.3) is 5.41 Å². The van der Waals surface area contributed by atoms with Crippen molar-refractivity contribution in [3.8, 4) is 11.1 Å². The maximum atomic E-state index is 14.1. The number of rotatable bonds is 9. The van der Waals surface area contributed by atoms with E-state index in [9.17, 15) is 49.4 Å². The van der Waals surface area contributed by atoms with Gasteiger partial charge in [-0.1, -0.05) is 87.3 Å². The largest absolute Gasteiger partial charge is 0.512 e. The molecule has 1 N–H and O–H groups in total. The zero-order chi connectivity index (χ0) is 41.7. The van der Waals surface area contributed by atoms with Crippen LogP contribution >= 0.6 is 0 Å². The van der Waals surface area contributed by atoms with Gasteiger partial charge in [0.2, 0.25) is 0 Å². The summed E-state index contributed by atoms with van der Waals surface area (Å²) in [4.78, 5) is 16.1. The van der Waals surface area contributed by atoms with Crippen molar-refractivity contribution in [1.82, 2.24) is 9.38 Å². The molecule has 0 bridgehead atoms. The molecule has 3 aromatic heterocycles. The molecule has 0 spiro atoms. The van der Waals surface area contributed by atoms with Gasteiger partial charge in [-0.05, 0) is 65.6 Å². The van der Waals surface area contributed by atoms with Gasteiger partial charge in [-0.2, -0.15) is 57.7 Å². The third kappa shape index (κ3) is 7.31. The van der Waals surface area contributed by atoms with Crippen LogP contribution in [-0.2, 0) is 30.3 Å². The van der Waals surface area contributed by atoms with Crippen molar-refractivity contribution in [2.75, 3.05) is 0 Å². The molecule has 0 aliphatic heterocycles. The summed E-state index contributed by atoms with van der Waals surface area (Å²) in [5, 5.41) is 10.9. The van der Waals surface area contributed by atoms with Gasteiger partial charge in [-0.25, -0.2) is 4.98 Å². The maximum absolute atomic E-state index is 14.1. The van der Waals surface area contributed by atoms with Gasteiger partial charge < -0.3 is 9.51 Å². The number of aliphatic hydroxyl groups excluding tert-OH is 1. The first-order valence-corrected chi connectivity index (χ1v) is 18.5. The first-order valence-electron chi connectivity index (χ1n) is 18.5. The summed E-state index contributed by atoms with van der Waals surface area (Å²) in [5.74, 6) is 0.547. The summed E-state index contributed by atoms with van der Waals surface area (Å²) in [6, 6.07) is 22.7. The van der Waals surface area contributed by atoms with E-state index in [0.29, 0.717) is 33.9 Å². The van der Waals surface area contributed by atoms with Crippen LogP contribution < -0.4 is 0 Å². The van der Waals surface area contributed by atoms with Crippen LogP contribution in [0.15, 0.2) is 96.9 Å². The van der Waals surface area contributed by atoms with Crippen LogP contribution in [0, 0.1) is 17.9 Å². The topological polar surface area (TPSA) is 54.6 Å². The number of benzene rings is 4. The number of allylic oxidation sites excluding steroid dienone is 2. The Morgan fingerprint density at radius 2 is 1.29 bits per heavy atom. The van der Waals surface area contributed by atoms with Crippen LogP contribution in [0.4, 0.5) is 39.5 Å². The molecule has 309 valence electrons. The van der Waals surface area contributed by atoms with E-state index in [2.05, 4.69) is 11.1 Å². The van der Waals surface area contributed by atoms with Crippen LogP contribution in [0.5, 0.6) is 0 Å². The number of carbonyl (C=O) groups is 1. The van der Waals surface area contributed by atoms with Crippen LogP contribution in [-0.4, -0.2) is 38.8 Å². The van der Waals surface area contributed by atoms with E-state index in [4.69, 9.17) is 0 Å². The summed E-state index contributed by atoms with van der Waals surface area (Å²) in [6.45, 7) is 8.07. The Hall–Kier alpha value is -4.68.